The molecule has 0 aliphatic rings. The van der Waals surface area contributed by atoms with Gasteiger partial charge >= 0.3 is 0 Å². The summed E-state index contributed by atoms with van der Waals surface area (Å²) in [4.78, 5) is 18.7. The van der Waals surface area contributed by atoms with Crippen molar-refractivity contribution in [2.45, 2.75) is 52.1 Å². The molecule has 1 aromatic rings. The van der Waals surface area contributed by atoms with Gasteiger partial charge in [0.15, 0.2) is 0 Å². The second kappa shape index (κ2) is 8.60. The number of nitrogens with one attached hydrogen (secondary N) is 1. The van der Waals surface area contributed by atoms with Crippen molar-refractivity contribution in [2.24, 2.45) is 0 Å². The summed E-state index contributed by atoms with van der Waals surface area (Å²) in [6.45, 7) is 9.36. The predicted octanol–water partition coefficient (Wildman–Crippen LogP) is 3.18. The normalized spacial score (nSPS) is 12.9. The van der Waals surface area contributed by atoms with E-state index in [-0.39, 0.29) is 18.0 Å². The van der Waals surface area contributed by atoms with E-state index >= 15 is 0 Å². The quantitative estimate of drug-likeness (QED) is 0.749. The van der Waals surface area contributed by atoms with Gasteiger partial charge in [-0.2, -0.15) is 0 Å². The number of aromatic nitrogens is 1. The molecule has 0 aromatic carbocycles. The Labute approximate surface area is 130 Å². The number of nitrogens with zero attached hydrogens (tertiary/aromatic N) is 2. The fourth-order valence-corrected chi connectivity index (χ4v) is 3.38. The van der Waals surface area contributed by atoms with E-state index in [4.69, 9.17) is 11.6 Å². The maximum absolute atomic E-state index is 11.9. The standard InChI is InChI=1S/C14H24ClN3OS/c1-5-12(14-17-11(7-15)9-20-14)18(6-2)8-13(19)16-10(3)4/h9-10,12H,5-8H2,1-4H3,(H,16,19). The Kier molecular flexibility index (Phi) is 7.48. The largest absolute Gasteiger partial charge is 0.353 e. The molecule has 20 heavy (non-hydrogen) atoms. The van der Waals surface area contributed by atoms with Crippen LogP contribution in [0.15, 0.2) is 5.38 Å². The van der Waals surface area contributed by atoms with Gasteiger partial charge in [0.2, 0.25) is 5.91 Å². The molecule has 1 aromatic heterocycles. The lowest BCUT2D eigenvalue weighted by molar-refractivity contribution is -0.123. The lowest BCUT2D eigenvalue weighted by Gasteiger charge is -2.28. The second-order valence-electron chi connectivity index (χ2n) is 5.02. The van der Waals surface area contributed by atoms with Crippen molar-refractivity contribution in [1.29, 1.82) is 0 Å². The number of hydrogen-bond acceptors (Lipinski definition) is 4. The predicted molar refractivity (Wildman–Crippen MR) is 85.2 cm³/mol. The summed E-state index contributed by atoms with van der Waals surface area (Å²) in [5, 5.41) is 5.97. The average molecular weight is 318 g/mol. The van der Waals surface area contributed by atoms with E-state index in [2.05, 4.69) is 29.0 Å². The molecule has 1 unspecified atom stereocenters. The number of halogens is 1. The van der Waals surface area contributed by atoms with E-state index in [9.17, 15) is 4.79 Å². The molecule has 114 valence electrons. The molecule has 0 aliphatic heterocycles. The highest BCUT2D eigenvalue weighted by Gasteiger charge is 2.22. The van der Waals surface area contributed by atoms with Crippen LogP contribution in [0.1, 0.15) is 50.9 Å². The summed E-state index contributed by atoms with van der Waals surface area (Å²) in [6, 6.07) is 0.351. The molecule has 0 saturated carbocycles. The first-order valence-corrected chi connectivity index (χ1v) is 8.46. The van der Waals surface area contributed by atoms with E-state index in [1.54, 1.807) is 11.3 Å². The highest BCUT2D eigenvalue weighted by atomic mass is 35.5. The lowest BCUT2D eigenvalue weighted by Crippen LogP contribution is -2.41. The number of thiazole rings is 1. The Hall–Kier alpha value is -0.650. The van der Waals surface area contributed by atoms with Gasteiger partial charge in [-0.3, -0.25) is 9.69 Å². The third kappa shape index (κ3) is 5.04. The van der Waals surface area contributed by atoms with Crippen molar-refractivity contribution < 1.29 is 4.79 Å². The molecule has 0 aliphatic carbocycles. The average Bonchev–Trinajstić information content (AvgIpc) is 2.86. The number of rotatable bonds is 8. The first-order chi connectivity index (χ1) is 9.51. The van der Waals surface area contributed by atoms with Crippen LogP contribution < -0.4 is 5.32 Å². The van der Waals surface area contributed by atoms with Gasteiger partial charge in [0.1, 0.15) is 5.01 Å². The van der Waals surface area contributed by atoms with E-state index in [1.165, 1.54) is 0 Å². The number of likely N-dealkylation sites (N-methyl/N-ethyl adjacent to an activating group) is 1. The number of amides is 1. The number of carbonyl (C=O) groups excluding carboxylic acids is 1. The first-order valence-electron chi connectivity index (χ1n) is 7.05. The van der Waals surface area contributed by atoms with Crippen molar-refractivity contribution in [1.82, 2.24) is 15.2 Å². The van der Waals surface area contributed by atoms with Crippen molar-refractivity contribution in [3.05, 3.63) is 16.1 Å². The van der Waals surface area contributed by atoms with Crippen LogP contribution in [0, 0.1) is 0 Å². The molecule has 0 spiro atoms. The highest BCUT2D eigenvalue weighted by Crippen LogP contribution is 2.27. The van der Waals surface area contributed by atoms with Crippen LogP contribution in [-0.2, 0) is 10.7 Å². The smallest absolute Gasteiger partial charge is 0.234 e. The van der Waals surface area contributed by atoms with Crippen LogP contribution in [0.3, 0.4) is 0 Å². The topological polar surface area (TPSA) is 45.2 Å². The highest BCUT2D eigenvalue weighted by molar-refractivity contribution is 7.09. The molecular formula is C14H24ClN3OS. The Morgan fingerprint density at radius 3 is 2.65 bits per heavy atom. The number of alkyl halides is 1. The Morgan fingerprint density at radius 1 is 1.50 bits per heavy atom. The van der Waals surface area contributed by atoms with Crippen LogP contribution in [0.5, 0.6) is 0 Å². The van der Waals surface area contributed by atoms with Gasteiger partial charge in [-0.1, -0.05) is 13.8 Å². The van der Waals surface area contributed by atoms with Crippen molar-refractivity contribution in [3.8, 4) is 0 Å². The van der Waals surface area contributed by atoms with Crippen LogP contribution in [-0.4, -0.2) is 34.9 Å². The first kappa shape index (κ1) is 17.4. The third-order valence-corrected chi connectivity index (χ3v) is 4.29. The monoisotopic (exact) mass is 317 g/mol. The molecule has 1 atom stereocenters. The van der Waals surface area contributed by atoms with E-state index in [0.29, 0.717) is 12.4 Å². The molecule has 1 heterocycles. The zero-order chi connectivity index (χ0) is 15.1. The summed E-state index contributed by atoms with van der Waals surface area (Å²) >= 11 is 7.43. The molecule has 6 heteroatoms. The van der Waals surface area contributed by atoms with Crippen molar-refractivity contribution in [3.63, 3.8) is 0 Å². The molecule has 1 amide bonds. The maximum atomic E-state index is 11.9. The summed E-state index contributed by atoms with van der Waals surface area (Å²) in [5.41, 5.74) is 0.910. The van der Waals surface area contributed by atoms with Crippen molar-refractivity contribution in [2.75, 3.05) is 13.1 Å². The fraction of sp³-hybridized carbons (Fsp3) is 0.714. The molecular weight excluding hydrogens is 294 g/mol. The third-order valence-electron chi connectivity index (χ3n) is 3.02. The molecule has 1 rings (SSSR count). The SMILES string of the molecule is CCC(c1nc(CCl)cs1)N(CC)CC(=O)NC(C)C. The Balaban J connectivity index is 2.76. The van der Waals surface area contributed by atoms with Gasteiger partial charge < -0.3 is 5.32 Å². The van der Waals surface area contributed by atoms with E-state index < -0.39 is 0 Å². The van der Waals surface area contributed by atoms with Gasteiger partial charge in [-0.05, 0) is 26.8 Å². The minimum Gasteiger partial charge on any atom is -0.353 e. The van der Waals surface area contributed by atoms with E-state index in [1.807, 2.05) is 19.2 Å². The van der Waals surface area contributed by atoms with Crippen LogP contribution in [0.4, 0.5) is 0 Å². The van der Waals surface area contributed by atoms with Gasteiger partial charge in [-0.15, -0.1) is 22.9 Å². The van der Waals surface area contributed by atoms with Crippen molar-refractivity contribution >= 4 is 28.8 Å². The summed E-state index contributed by atoms with van der Waals surface area (Å²) in [7, 11) is 0. The van der Waals surface area contributed by atoms with Gasteiger partial charge in [0.25, 0.3) is 0 Å². The molecule has 0 radical (unpaired) electrons. The zero-order valence-corrected chi connectivity index (χ0v) is 14.2. The number of carbonyl (C=O) groups is 1. The fourth-order valence-electron chi connectivity index (χ4n) is 2.12. The molecule has 4 nitrogen and oxygen atoms in total. The van der Waals surface area contributed by atoms with Gasteiger partial charge in [0, 0.05) is 11.4 Å². The Morgan fingerprint density at radius 2 is 2.20 bits per heavy atom. The Bertz CT molecular complexity index is 422. The molecule has 0 bridgehead atoms. The summed E-state index contributed by atoms with van der Waals surface area (Å²) in [5.74, 6) is 0.502. The minimum absolute atomic E-state index is 0.0643. The summed E-state index contributed by atoms with van der Waals surface area (Å²) in [6.07, 6.45) is 0.929. The summed E-state index contributed by atoms with van der Waals surface area (Å²) < 4.78 is 0. The van der Waals surface area contributed by atoms with Gasteiger partial charge in [0.05, 0.1) is 24.2 Å². The van der Waals surface area contributed by atoms with Crippen LogP contribution >= 0.6 is 22.9 Å². The number of hydrogen-bond donors (Lipinski definition) is 1. The van der Waals surface area contributed by atoms with E-state index in [0.717, 1.165) is 23.7 Å². The zero-order valence-electron chi connectivity index (χ0n) is 12.6. The second-order valence-corrected chi connectivity index (χ2v) is 6.18. The molecule has 0 saturated heterocycles. The molecule has 0 fully saturated rings. The minimum atomic E-state index is 0.0643. The lowest BCUT2D eigenvalue weighted by atomic mass is 10.2. The van der Waals surface area contributed by atoms with Crippen LogP contribution in [0.25, 0.3) is 0 Å². The maximum Gasteiger partial charge on any atom is 0.234 e. The van der Waals surface area contributed by atoms with Gasteiger partial charge in [-0.25, -0.2) is 4.98 Å². The molecule has 1 N–H and O–H groups in total. The van der Waals surface area contributed by atoms with Crippen LogP contribution in [0.2, 0.25) is 0 Å².